The highest BCUT2D eigenvalue weighted by atomic mass is 35.5. The van der Waals surface area contributed by atoms with Crippen LogP contribution in [-0.4, -0.2) is 15.3 Å². The Kier molecular flexibility index (Phi) is 2.77. The summed E-state index contributed by atoms with van der Waals surface area (Å²) in [7, 11) is 1.94. The number of aromatic nitrogens is 2. The van der Waals surface area contributed by atoms with Gasteiger partial charge in [-0.2, -0.15) is 5.10 Å². The molecular formula is C11H18ClN3. The van der Waals surface area contributed by atoms with Gasteiger partial charge in [0.05, 0.1) is 16.9 Å². The predicted octanol–water partition coefficient (Wildman–Crippen LogP) is 2.45. The average molecular weight is 228 g/mol. The highest BCUT2D eigenvalue weighted by Crippen LogP contribution is 2.43. The molecule has 0 bridgehead atoms. The molecule has 0 spiro atoms. The maximum Gasteiger partial charge on any atom is 0.0820 e. The van der Waals surface area contributed by atoms with Crippen LogP contribution in [0.25, 0.3) is 0 Å². The third-order valence-electron chi connectivity index (χ3n) is 3.36. The third-order valence-corrected chi connectivity index (χ3v) is 3.65. The van der Waals surface area contributed by atoms with Crippen molar-refractivity contribution in [3.63, 3.8) is 0 Å². The van der Waals surface area contributed by atoms with E-state index >= 15 is 0 Å². The molecule has 1 fully saturated rings. The number of aryl methyl sites for hydroxylation is 1. The summed E-state index contributed by atoms with van der Waals surface area (Å²) in [5.74, 6) is 0.442. The molecule has 2 rings (SSSR count). The topological polar surface area (TPSA) is 43.8 Å². The van der Waals surface area contributed by atoms with Gasteiger partial charge in [0.1, 0.15) is 0 Å². The van der Waals surface area contributed by atoms with Crippen LogP contribution in [0.15, 0.2) is 6.20 Å². The van der Waals surface area contributed by atoms with Crippen molar-refractivity contribution in [3.05, 3.63) is 16.9 Å². The quantitative estimate of drug-likeness (QED) is 0.859. The summed E-state index contributed by atoms with van der Waals surface area (Å²) in [6.45, 7) is 2.18. The molecule has 1 aliphatic rings. The zero-order chi connectivity index (χ0) is 11.1. The molecule has 1 aliphatic carbocycles. The molecule has 0 amide bonds. The van der Waals surface area contributed by atoms with Crippen molar-refractivity contribution in [2.75, 3.05) is 0 Å². The Morgan fingerprint density at radius 2 is 2.33 bits per heavy atom. The Hall–Kier alpha value is -0.540. The van der Waals surface area contributed by atoms with Crippen LogP contribution in [0, 0.1) is 0 Å². The molecule has 1 aromatic rings. The van der Waals surface area contributed by atoms with E-state index in [1.165, 1.54) is 0 Å². The SMILES string of the molecule is CCC(CC1(N)CC1)c1c(Cl)cnn1C. The van der Waals surface area contributed by atoms with Gasteiger partial charge in [-0.3, -0.25) is 4.68 Å². The highest BCUT2D eigenvalue weighted by molar-refractivity contribution is 6.31. The van der Waals surface area contributed by atoms with Gasteiger partial charge < -0.3 is 5.73 Å². The zero-order valence-electron chi connectivity index (χ0n) is 9.33. The summed E-state index contributed by atoms with van der Waals surface area (Å²) in [5, 5.41) is 4.95. The first-order valence-electron chi connectivity index (χ1n) is 5.52. The van der Waals surface area contributed by atoms with Crippen molar-refractivity contribution < 1.29 is 0 Å². The lowest BCUT2D eigenvalue weighted by Crippen LogP contribution is -2.25. The molecule has 0 aliphatic heterocycles. The summed E-state index contributed by atoms with van der Waals surface area (Å²) < 4.78 is 1.88. The van der Waals surface area contributed by atoms with Crippen molar-refractivity contribution >= 4 is 11.6 Å². The maximum absolute atomic E-state index is 6.16. The standard InChI is InChI=1S/C11H18ClN3/c1-3-8(6-11(13)4-5-11)10-9(12)7-14-15(10)2/h7-8H,3-6,13H2,1-2H3. The third kappa shape index (κ3) is 2.18. The van der Waals surface area contributed by atoms with Crippen LogP contribution in [0.1, 0.15) is 44.2 Å². The number of rotatable bonds is 4. The van der Waals surface area contributed by atoms with E-state index in [0.717, 1.165) is 36.4 Å². The van der Waals surface area contributed by atoms with Gasteiger partial charge in [-0.25, -0.2) is 0 Å². The second kappa shape index (κ2) is 3.80. The summed E-state index contributed by atoms with van der Waals surface area (Å²) in [6.07, 6.45) is 6.12. The number of hydrogen-bond donors (Lipinski definition) is 1. The fourth-order valence-electron chi connectivity index (χ4n) is 2.17. The van der Waals surface area contributed by atoms with Crippen molar-refractivity contribution in [1.82, 2.24) is 9.78 Å². The Bertz CT molecular complexity index is 335. The summed E-state index contributed by atoms with van der Waals surface area (Å²) in [5.41, 5.74) is 7.37. The molecule has 1 unspecified atom stereocenters. The predicted molar refractivity (Wildman–Crippen MR) is 62.0 cm³/mol. The highest BCUT2D eigenvalue weighted by Gasteiger charge is 2.40. The van der Waals surface area contributed by atoms with Crippen LogP contribution in [0.3, 0.4) is 0 Å². The molecule has 1 aromatic heterocycles. The second-order valence-electron chi connectivity index (χ2n) is 4.67. The molecular weight excluding hydrogens is 210 g/mol. The average Bonchev–Trinajstić information content (AvgIpc) is 2.83. The van der Waals surface area contributed by atoms with Crippen LogP contribution in [0.4, 0.5) is 0 Å². The summed E-state index contributed by atoms with van der Waals surface area (Å²) in [4.78, 5) is 0. The molecule has 3 nitrogen and oxygen atoms in total. The van der Waals surface area contributed by atoms with Gasteiger partial charge in [0.15, 0.2) is 0 Å². The lowest BCUT2D eigenvalue weighted by Gasteiger charge is -2.19. The fraction of sp³-hybridized carbons (Fsp3) is 0.727. The van der Waals surface area contributed by atoms with E-state index in [1.807, 2.05) is 11.7 Å². The van der Waals surface area contributed by atoms with Gasteiger partial charge in [0, 0.05) is 18.5 Å². The minimum atomic E-state index is 0.0777. The van der Waals surface area contributed by atoms with Gasteiger partial charge >= 0.3 is 0 Å². The second-order valence-corrected chi connectivity index (χ2v) is 5.08. The number of nitrogens with two attached hydrogens (primary N) is 1. The van der Waals surface area contributed by atoms with Gasteiger partial charge in [0.25, 0.3) is 0 Å². The Balaban J connectivity index is 2.18. The van der Waals surface area contributed by atoms with Crippen LogP contribution in [0.2, 0.25) is 5.02 Å². The molecule has 0 radical (unpaired) electrons. The van der Waals surface area contributed by atoms with Crippen molar-refractivity contribution in [2.24, 2.45) is 12.8 Å². The zero-order valence-corrected chi connectivity index (χ0v) is 10.1. The number of nitrogens with zero attached hydrogens (tertiary/aromatic N) is 2. The molecule has 84 valence electrons. The maximum atomic E-state index is 6.16. The van der Waals surface area contributed by atoms with Crippen LogP contribution < -0.4 is 5.73 Å². The summed E-state index contributed by atoms with van der Waals surface area (Å²) in [6, 6.07) is 0. The number of hydrogen-bond acceptors (Lipinski definition) is 2. The molecule has 4 heteroatoms. The lowest BCUT2D eigenvalue weighted by atomic mass is 9.93. The smallest absolute Gasteiger partial charge is 0.0820 e. The van der Waals surface area contributed by atoms with E-state index in [9.17, 15) is 0 Å². The van der Waals surface area contributed by atoms with Gasteiger partial charge in [-0.1, -0.05) is 18.5 Å². The Labute approximate surface area is 95.6 Å². The van der Waals surface area contributed by atoms with E-state index in [4.69, 9.17) is 17.3 Å². The van der Waals surface area contributed by atoms with E-state index in [-0.39, 0.29) is 5.54 Å². The van der Waals surface area contributed by atoms with Crippen LogP contribution in [-0.2, 0) is 7.05 Å². The minimum absolute atomic E-state index is 0.0777. The molecule has 0 saturated heterocycles. The molecule has 1 atom stereocenters. The minimum Gasteiger partial charge on any atom is -0.325 e. The monoisotopic (exact) mass is 227 g/mol. The van der Waals surface area contributed by atoms with E-state index in [1.54, 1.807) is 6.20 Å². The van der Waals surface area contributed by atoms with Crippen LogP contribution in [0.5, 0.6) is 0 Å². The molecule has 1 heterocycles. The Morgan fingerprint density at radius 3 is 2.73 bits per heavy atom. The first kappa shape index (κ1) is 11.0. The largest absolute Gasteiger partial charge is 0.325 e. The normalized spacial score (nSPS) is 20.3. The van der Waals surface area contributed by atoms with Crippen molar-refractivity contribution in [3.8, 4) is 0 Å². The van der Waals surface area contributed by atoms with E-state index in [2.05, 4.69) is 12.0 Å². The van der Waals surface area contributed by atoms with Crippen molar-refractivity contribution in [2.45, 2.75) is 44.1 Å². The van der Waals surface area contributed by atoms with Crippen molar-refractivity contribution in [1.29, 1.82) is 0 Å². The first-order valence-corrected chi connectivity index (χ1v) is 5.90. The van der Waals surface area contributed by atoms with E-state index in [0.29, 0.717) is 5.92 Å². The Morgan fingerprint density at radius 1 is 1.67 bits per heavy atom. The number of halogens is 1. The summed E-state index contributed by atoms with van der Waals surface area (Å²) >= 11 is 6.14. The van der Waals surface area contributed by atoms with Crippen LogP contribution >= 0.6 is 11.6 Å². The molecule has 2 N–H and O–H groups in total. The van der Waals surface area contributed by atoms with Gasteiger partial charge in [0.2, 0.25) is 0 Å². The van der Waals surface area contributed by atoms with Gasteiger partial charge in [-0.05, 0) is 25.7 Å². The molecule has 0 aromatic carbocycles. The fourth-order valence-corrected chi connectivity index (χ4v) is 2.49. The van der Waals surface area contributed by atoms with Gasteiger partial charge in [-0.15, -0.1) is 0 Å². The lowest BCUT2D eigenvalue weighted by molar-refractivity contribution is 0.479. The first-order chi connectivity index (χ1) is 7.06. The molecule has 15 heavy (non-hydrogen) atoms. The van der Waals surface area contributed by atoms with E-state index < -0.39 is 0 Å². The molecule has 1 saturated carbocycles.